The number of aryl methyl sites for hydroxylation is 3. The highest BCUT2D eigenvalue weighted by molar-refractivity contribution is 6.04. The van der Waals surface area contributed by atoms with Gasteiger partial charge in [-0.15, -0.1) is 0 Å². The van der Waals surface area contributed by atoms with Crippen molar-refractivity contribution < 1.29 is 4.79 Å². The molecule has 2 aromatic rings. The third kappa shape index (κ3) is 4.20. The number of carbonyl (C=O) groups excluding carboxylic acids is 1. The third-order valence-electron chi connectivity index (χ3n) is 6.70. The van der Waals surface area contributed by atoms with E-state index in [1.165, 1.54) is 41.5 Å². The van der Waals surface area contributed by atoms with Crippen molar-refractivity contribution in [3.05, 3.63) is 70.3 Å². The molecule has 2 aromatic carbocycles. The number of amides is 1. The Kier molecular flexibility index (Phi) is 6.05. The van der Waals surface area contributed by atoms with Crippen LogP contribution in [0.4, 0.5) is 0 Å². The van der Waals surface area contributed by atoms with Crippen LogP contribution < -0.4 is 0 Å². The number of hydrogen-bond acceptors (Lipinski definition) is 3. The van der Waals surface area contributed by atoms with E-state index < -0.39 is 0 Å². The molecule has 4 rings (SSSR count). The molecule has 30 heavy (non-hydrogen) atoms. The van der Waals surface area contributed by atoms with Gasteiger partial charge in [0.2, 0.25) is 0 Å². The highest BCUT2D eigenvalue weighted by Gasteiger charge is 2.35. The summed E-state index contributed by atoms with van der Waals surface area (Å²) < 4.78 is 0. The van der Waals surface area contributed by atoms with E-state index in [1.807, 2.05) is 0 Å². The molecule has 0 radical (unpaired) electrons. The Morgan fingerprint density at radius 3 is 2.63 bits per heavy atom. The Morgan fingerprint density at radius 1 is 1.07 bits per heavy atom. The SMILES string of the molecule is Cc1ccc(C)c(C2=NN(C(=O)CN3CCCCC3C)C(c3ccccc3C)C2)c1. The van der Waals surface area contributed by atoms with E-state index in [-0.39, 0.29) is 11.9 Å². The Labute approximate surface area is 180 Å². The molecule has 4 nitrogen and oxygen atoms in total. The van der Waals surface area contributed by atoms with Crippen LogP contribution in [0.2, 0.25) is 0 Å². The van der Waals surface area contributed by atoms with Gasteiger partial charge in [-0.3, -0.25) is 9.69 Å². The van der Waals surface area contributed by atoms with E-state index in [0.717, 1.165) is 24.2 Å². The van der Waals surface area contributed by atoms with Crippen LogP contribution in [0, 0.1) is 20.8 Å². The second kappa shape index (κ2) is 8.73. The maximum Gasteiger partial charge on any atom is 0.257 e. The van der Waals surface area contributed by atoms with Gasteiger partial charge in [0.25, 0.3) is 5.91 Å². The Morgan fingerprint density at radius 2 is 1.87 bits per heavy atom. The van der Waals surface area contributed by atoms with Gasteiger partial charge in [-0.1, -0.05) is 48.4 Å². The van der Waals surface area contributed by atoms with Crippen LogP contribution in [-0.2, 0) is 4.79 Å². The van der Waals surface area contributed by atoms with Crippen LogP contribution >= 0.6 is 0 Å². The molecule has 0 bridgehead atoms. The number of rotatable bonds is 4. The minimum Gasteiger partial charge on any atom is -0.292 e. The van der Waals surface area contributed by atoms with Crippen LogP contribution in [-0.4, -0.2) is 40.7 Å². The zero-order chi connectivity index (χ0) is 21.3. The van der Waals surface area contributed by atoms with Crippen LogP contribution in [0.15, 0.2) is 47.6 Å². The molecule has 2 unspecified atom stereocenters. The van der Waals surface area contributed by atoms with Gasteiger partial charge in [0.05, 0.1) is 18.3 Å². The third-order valence-corrected chi connectivity index (χ3v) is 6.70. The lowest BCUT2D eigenvalue weighted by atomic mass is 9.93. The monoisotopic (exact) mass is 403 g/mol. The van der Waals surface area contributed by atoms with Gasteiger partial charge in [0, 0.05) is 18.0 Å². The first-order valence-corrected chi connectivity index (χ1v) is 11.2. The molecule has 0 aliphatic carbocycles. The molecular formula is C26H33N3O. The molecule has 1 fully saturated rings. The standard InChI is InChI=1S/C26H33N3O/c1-18-12-13-20(3)23(15-18)24-16-25(22-11-6-5-9-19(22)2)29(27-24)26(30)17-28-14-8-7-10-21(28)4/h5-6,9,11-13,15,21,25H,7-8,10,14,16-17H2,1-4H3. The minimum atomic E-state index is -0.0336. The fourth-order valence-corrected chi connectivity index (χ4v) is 4.79. The van der Waals surface area contributed by atoms with Gasteiger partial charge >= 0.3 is 0 Å². The largest absolute Gasteiger partial charge is 0.292 e. The van der Waals surface area contributed by atoms with Gasteiger partial charge in [0.15, 0.2) is 0 Å². The summed E-state index contributed by atoms with van der Waals surface area (Å²) in [5.74, 6) is 0.109. The zero-order valence-electron chi connectivity index (χ0n) is 18.7. The number of hydrazone groups is 1. The van der Waals surface area contributed by atoms with Gasteiger partial charge in [-0.05, 0) is 69.8 Å². The molecular weight excluding hydrogens is 370 g/mol. The number of piperidine rings is 1. The summed E-state index contributed by atoms with van der Waals surface area (Å²) in [7, 11) is 0. The molecule has 0 saturated carbocycles. The lowest BCUT2D eigenvalue weighted by molar-refractivity contribution is -0.135. The van der Waals surface area contributed by atoms with Gasteiger partial charge < -0.3 is 0 Å². The summed E-state index contributed by atoms with van der Waals surface area (Å²) in [4.78, 5) is 15.8. The molecule has 2 aliphatic rings. The van der Waals surface area contributed by atoms with Crippen molar-refractivity contribution in [2.75, 3.05) is 13.1 Å². The Bertz CT molecular complexity index is 965. The van der Waals surface area contributed by atoms with Crippen LogP contribution in [0.3, 0.4) is 0 Å². The Hall–Kier alpha value is -2.46. The van der Waals surface area contributed by atoms with Gasteiger partial charge in [-0.2, -0.15) is 5.10 Å². The molecule has 4 heteroatoms. The molecule has 158 valence electrons. The second-order valence-electron chi connectivity index (χ2n) is 9.00. The summed E-state index contributed by atoms with van der Waals surface area (Å²) in [5, 5.41) is 6.70. The Balaban J connectivity index is 1.67. The number of benzene rings is 2. The smallest absolute Gasteiger partial charge is 0.257 e. The molecule has 2 aliphatic heterocycles. The second-order valence-corrected chi connectivity index (χ2v) is 9.00. The van der Waals surface area contributed by atoms with Crippen LogP contribution in [0.25, 0.3) is 0 Å². The summed E-state index contributed by atoms with van der Waals surface area (Å²) in [6, 6.07) is 15.3. The van der Waals surface area contributed by atoms with Crippen molar-refractivity contribution in [1.82, 2.24) is 9.91 Å². The van der Waals surface area contributed by atoms with E-state index in [2.05, 4.69) is 75.1 Å². The van der Waals surface area contributed by atoms with Crippen molar-refractivity contribution in [2.24, 2.45) is 5.10 Å². The molecule has 0 aromatic heterocycles. The number of nitrogens with zero attached hydrogens (tertiary/aromatic N) is 3. The molecule has 2 heterocycles. The van der Waals surface area contributed by atoms with E-state index >= 15 is 0 Å². The highest BCUT2D eigenvalue weighted by Crippen LogP contribution is 2.35. The first-order valence-electron chi connectivity index (χ1n) is 11.2. The minimum absolute atomic E-state index is 0.0336. The van der Waals surface area contributed by atoms with Crippen molar-refractivity contribution in [2.45, 2.75) is 65.5 Å². The highest BCUT2D eigenvalue weighted by atomic mass is 16.2. The van der Waals surface area contributed by atoms with E-state index in [0.29, 0.717) is 12.6 Å². The van der Waals surface area contributed by atoms with Gasteiger partial charge in [0.1, 0.15) is 0 Å². The topological polar surface area (TPSA) is 35.9 Å². The van der Waals surface area contributed by atoms with Gasteiger partial charge in [-0.25, -0.2) is 5.01 Å². The predicted molar refractivity (Wildman–Crippen MR) is 123 cm³/mol. The van der Waals surface area contributed by atoms with E-state index in [1.54, 1.807) is 5.01 Å². The molecule has 0 N–H and O–H groups in total. The van der Waals surface area contributed by atoms with E-state index in [9.17, 15) is 4.79 Å². The number of hydrogen-bond donors (Lipinski definition) is 0. The van der Waals surface area contributed by atoms with Crippen molar-refractivity contribution >= 4 is 11.6 Å². The normalized spacial score (nSPS) is 22.3. The first kappa shape index (κ1) is 20.8. The first-order chi connectivity index (χ1) is 14.4. The van der Waals surface area contributed by atoms with Crippen molar-refractivity contribution in [1.29, 1.82) is 0 Å². The molecule has 2 atom stereocenters. The maximum atomic E-state index is 13.5. The maximum absolute atomic E-state index is 13.5. The number of carbonyl (C=O) groups is 1. The van der Waals surface area contributed by atoms with Crippen molar-refractivity contribution in [3.8, 4) is 0 Å². The van der Waals surface area contributed by atoms with Crippen LogP contribution in [0.5, 0.6) is 0 Å². The molecule has 1 saturated heterocycles. The zero-order valence-corrected chi connectivity index (χ0v) is 18.7. The molecule has 1 amide bonds. The van der Waals surface area contributed by atoms with Crippen LogP contribution in [0.1, 0.15) is 66.5 Å². The van der Waals surface area contributed by atoms with E-state index in [4.69, 9.17) is 5.10 Å². The fraction of sp³-hybridized carbons (Fsp3) is 0.462. The quantitative estimate of drug-likeness (QED) is 0.706. The average Bonchev–Trinajstić information content (AvgIpc) is 3.17. The lowest BCUT2D eigenvalue weighted by Gasteiger charge is -2.34. The summed E-state index contributed by atoms with van der Waals surface area (Å²) in [6.07, 6.45) is 4.37. The fourth-order valence-electron chi connectivity index (χ4n) is 4.79. The summed E-state index contributed by atoms with van der Waals surface area (Å²) >= 11 is 0. The lowest BCUT2D eigenvalue weighted by Crippen LogP contribution is -2.44. The molecule has 0 spiro atoms. The predicted octanol–water partition coefficient (Wildman–Crippen LogP) is 5.16. The number of likely N-dealkylation sites (tertiary alicyclic amines) is 1. The average molecular weight is 404 g/mol. The summed E-state index contributed by atoms with van der Waals surface area (Å²) in [6.45, 7) is 10.1. The summed E-state index contributed by atoms with van der Waals surface area (Å²) in [5.41, 5.74) is 7.02. The van der Waals surface area contributed by atoms with Crippen molar-refractivity contribution in [3.63, 3.8) is 0 Å².